The number of aromatic nitrogens is 2. The first-order valence-electron chi connectivity index (χ1n) is 7.12. The predicted molar refractivity (Wildman–Crippen MR) is 91.3 cm³/mol. The number of nitrogens with zero attached hydrogens (tertiary/aromatic N) is 2. The van der Waals surface area contributed by atoms with Crippen molar-refractivity contribution < 1.29 is 0 Å². The van der Waals surface area contributed by atoms with Gasteiger partial charge in [-0.2, -0.15) is 0 Å². The molecule has 0 spiro atoms. The van der Waals surface area contributed by atoms with Crippen LogP contribution in [0.5, 0.6) is 0 Å². The topological polar surface area (TPSA) is 17.8 Å². The van der Waals surface area contributed by atoms with Crippen LogP contribution in [0.25, 0.3) is 10.9 Å². The minimum atomic E-state index is 0. The van der Waals surface area contributed by atoms with Crippen LogP contribution in [-0.4, -0.2) is 9.55 Å². The maximum Gasteiger partial charge on any atom is 0.0701 e. The summed E-state index contributed by atoms with van der Waals surface area (Å²) >= 11 is 0. The second-order valence-corrected chi connectivity index (χ2v) is 5.41. The van der Waals surface area contributed by atoms with Gasteiger partial charge in [-0.3, -0.25) is 4.98 Å². The normalized spacial score (nSPS) is 10.6. The second-order valence-electron chi connectivity index (χ2n) is 5.41. The van der Waals surface area contributed by atoms with Crippen LogP contribution >= 0.6 is 12.4 Å². The van der Waals surface area contributed by atoms with Crippen LogP contribution < -0.4 is 0 Å². The fourth-order valence-corrected chi connectivity index (χ4v) is 2.88. The number of rotatable bonds is 3. The number of pyridine rings is 1. The second kappa shape index (κ2) is 6.31. The molecule has 3 heteroatoms. The number of halogens is 1. The number of benzene rings is 1. The van der Waals surface area contributed by atoms with Crippen molar-refractivity contribution >= 4 is 23.3 Å². The van der Waals surface area contributed by atoms with E-state index in [0.29, 0.717) is 0 Å². The van der Waals surface area contributed by atoms with Crippen molar-refractivity contribution in [3.8, 4) is 0 Å². The van der Waals surface area contributed by atoms with E-state index in [1.54, 1.807) is 0 Å². The molecule has 0 aliphatic rings. The molecular formula is C18H21ClN2. The molecule has 0 aliphatic carbocycles. The van der Waals surface area contributed by atoms with Crippen LogP contribution in [-0.2, 0) is 19.9 Å². The van der Waals surface area contributed by atoms with Crippen LogP contribution in [0.4, 0.5) is 0 Å². The smallest absolute Gasteiger partial charge is 0.0701 e. The number of fused-ring (bicyclic) bond motifs is 1. The summed E-state index contributed by atoms with van der Waals surface area (Å²) < 4.78 is 2.28. The fourth-order valence-electron chi connectivity index (χ4n) is 2.88. The average molecular weight is 301 g/mol. The molecule has 0 radical (unpaired) electrons. The molecule has 3 aromatic rings. The lowest BCUT2D eigenvalue weighted by atomic mass is 10.1. The molecule has 2 aromatic heterocycles. The summed E-state index contributed by atoms with van der Waals surface area (Å²) in [5, 5.41) is 1.34. The van der Waals surface area contributed by atoms with E-state index < -0.39 is 0 Å². The third-order valence-corrected chi connectivity index (χ3v) is 4.28. The molecule has 2 nitrogen and oxygen atoms in total. The van der Waals surface area contributed by atoms with Crippen molar-refractivity contribution in [1.82, 2.24) is 9.55 Å². The van der Waals surface area contributed by atoms with E-state index in [1.165, 1.54) is 33.4 Å². The lowest BCUT2D eigenvalue weighted by Gasteiger charge is -2.06. The number of aryl methyl sites for hydroxylation is 4. The Morgan fingerprint density at radius 2 is 1.71 bits per heavy atom. The monoisotopic (exact) mass is 300 g/mol. The Morgan fingerprint density at radius 1 is 1.00 bits per heavy atom. The highest BCUT2D eigenvalue weighted by Crippen LogP contribution is 2.26. The molecule has 110 valence electrons. The first-order valence-corrected chi connectivity index (χ1v) is 7.12. The number of hydrogen-bond acceptors (Lipinski definition) is 1. The molecule has 0 saturated heterocycles. The van der Waals surface area contributed by atoms with Gasteiger partial charge in [0.25, 0.3) is 0 Å². The lowest BCUT2D eigenvalue weighted by molar-refractivity contribution is 0.870. The fraction of sp³-hybridized carbons (Fsp3) is 0.278. The van der Waals surface area contributed by atoms with Crippen LogP contribution in [0.1, 0.15) is 22.5 Å². The molecule has 0 amide bonds. The van der Waals surface area contributed by atoms with Gasteiger partial charge in [0.15, 0.2) is 0 Å². The van der Waals surface area contributed by atoms with Gasteiger partial charge in [-0.15, -0.1) is 12.4 Å². The molecule has 21 heavy (non-hydrogen) atoms. The molecule has 0 aliphatic heterocycles. The van der Waals surface area contributed by atoms with Crippen LogP contribution in [0.15, 0.2) is 42.6 Å². The molecule has 0 bridgehead atoms. The Kier molecular flexibility index (Phi) is 4.69. The summed E-state index contributed by atoms with van der Waals surface area (Å²) in [6.45, 7) is 4.37. The molecule has 0 atom stereocenters. The summed E-state index contributed by atoms with van der Waals surface area (Å²) in [6.07, 6.45) is 3.96. The van der Waals surface area contributed by atoms with Crippen molar-refractivity contribution in [2.75, 3.05) is 0 Å². The Morgan fingerprint density at radius 3 is 2.43 bits per heavy atom. The van der Waals surface area contributed by atoms with E-state index in [0.717, 1.165) is 12.8 Å². The van der Waals surface area contributed by atoms with Crippen LogP contribution in [0.3, 0.4) is 0 Å². The zero-order chi connectivity index (χ0) is 14.1. The third kappa shape index (κ3) is 2.81. The van der Waals surface area contributed by atoms with Gasteiger partial charge in [0, 0.05) is 24.3 Å². The first kappa shape index (κ1) is 15.6. The first-order chi connectivity index (χ1) is 9.68. The van der Waals surface area contributed by atoms with Crippen LogP contribution in [0.2, 0.25) is 0 Å². The molecule has 0 unspecified atom stereocenters. The highest BCUT2D eigenvalue weighted by Gasteiger charge is 2.12. The highest BCUT2D eigenvalue weighted by atomic mass is 35.5. The van der Waals surface area contributed by atoms with E-state index in [1.807, 2.05) is 6.20 Å². The SMILES string of the molecule is Cc1c(C)n(C)c2c(CCc3ccccc3)nccc12.Cl. The maximum atomic E-state index is 4.62. The standard InChI is InChI=1S/C18H20N2.ClH/c1-13-14(2)20(3)18-16(13)11-12-19-17(18)10-9-15-7-5-4-6-8-15;/h4-8,11-12H,9-10H2,1-3H3;1H. The summed E-state index contributed by atoms with van der Waals surface area (Å²) in [5.41, 5.74) is 6.55. The molecule has 1 aromatic carbocycles. The van der Waals surface area contributed by atoms with E-state index in [2.05, 4.69) is 66.8 Å². The van der Waals surface area contributed by atoms with E-state index in [9.17, 15) is 0 Å². The molecule has 2 heterocycles. The summed E-state index contributed by atoms with van der Waals surface area (Å²) in [6, 6.07) is 12.7. The Bertz CT molecular complexity index is 745. The highest BCUT2D eigenvalue weighted by molar-refractivity contribution is 5.86. The summed E-state index contributed by atoms with van der Waals surface area (Å²) in [7, 11) is 2.14. The predicted octanol–water partition coefficient (Wildman–Crippen LogP) is 4.40. The summed E-state index contributed by atoms with van der Waals surface area (Å²) in [4.78, 5) is 4.62. The number of hydrogen-bond donors (Lipinski definition) is 0. The Balaban J connectivity index is 0.00000161. The van der Waals surface area contributed by atoms with E-state index in [-0.39, 0.29) is 12.4 Å². The minimum Gasteiger partial charge on any atom is -0.346 e. The van der Waals surface area contributed by atoms with Crippen LogP contribution in [0, 0.1) is 13.8 Å². The zero-order valence-electron chi connectivity index (χ0n) is 12.8. The van der Waals surface area contributed by atoms with E-state index in [4.69, 9.17) is 0 Å². The Labute approximate surface area is 132 Å². The van der Waals surface area contributed by atoms with Gasteiger partial charge in [-0.1, -0.05) is 30.3 Å². The van der Waals surface area contributed by atoms with Gasteiger partial charge in [0.05, 0.1) is 11.2 Å². The van der Waals surface area contributed by atoms with Gasteiger partial charge < -0.3 is 4.57 Å². The molecular weight excluding hydrogens is 280 g/mol. The van der Waals surface area contributed by atoms with Gasteiger partial charge >= 0.3 is 0 Å². The summed E-state index contributed by atoms with van der Waals surface area (Å²) in [5.74, 6) is 0. The van der Waals surface area contributed by atoms with Gasteiger partial charge in [0.2, 0.25) is 0 Å². The van der Waals surface area contributed by atoms with Crippen molar-refractivity contribution in [3.63, 3.8) is 0 Å². The molecule has 0 fully saturated rings. The van der Waals surface area contributed by atoms with Crippen molar-refractivity contribution in [1.29, 1.82) is 0 Å². The van der Waals surface area contributed by atoms with Crippen molar-refractivity contribution in [3.05, 3.63) is 65.1 Å². The van der Waals surface area contributed by atoms with Gasteiger partial charge in [-0.05, 0) is 43.9 Å². The molecule has 0 N–H and O–H groups in total. The zero-order valence-corrected chi connectivity index (χ0v) is 13.6. The van der Waals surface area contributed by atoms with Crippen molar-refractivity contribution in [2.24, 2.45) is 7.05 Å². The third-order valence-electron chi connectivity index (χ3n) is 4.28. The lowest BCUT2D eigenvalue weighted by Crippen LogP contribution is -1.99. The minimum absolute atomic E-state index is 0. The van der Waals surface area contributed by atoms with Gasteiger partial charge in [0.1, 0.15) is 0 Å². The van der Waals surface area contributed by atoms with Gasteiger partial charge in [-0.25, -0.2) is 0 Å². The largest absolute Gasteiger partial charge is 0.346 e. The van der Waals surface area contributed by atoms with Crippen molar-refractivity contribution in [2.45, 2.75) is 26.7 Å². The molecule has 0 saturated carbocycles. The maximum absolute atomic E-state index is 4.62. The van der Waals surface area contributed by atoms with E-state index >= 15 is 0 Å². The average Bonchev–Trinajstić information content (AvgIpc) is 2.72. The quantitative estimate of drug-likeness (QED) is 0.701. The molecule has 3 rings (SSSR count). The Hall–Kier alpha value is -1.80.